The van der Waals surface area contributed by atoms with E-state index >= 15 is 0 Å². The monoisotopic (exact) mass is 329 g/mol. The Kier molecular flexibility index (Phi) is 5.78. The normalized spacial score (nSPS) is 12.6. The van der Waals surface area contributed by atoms with Gasteiger partial charge in [0.15, 0.2) is 5.01 Å². The fourth-order valence-corrected chi connectivity index (χ4v) is 3.67. The molecule has 0 saturated carbocycles. The molecular formula is C14H17Cl2N3S. The van der Waals surface area contributed by atoms with Crippen LogP contribution >= 0.6 is 34.5 Å². The number of benzene rings is 1. The third kappa shape index (κ3) is 3.50. The summed E-state index contributed by atoms with van der Waals surface area (Å²) in [6.07, 6.45) is 2.07. The molecule has 0 aliphatic heterocycles. The third-order valence-electron chi connectivity index (χ3n) is 2.96. The van der Waals surface area contributed by atoms with Crippen molar-refractivity contribution >= 4 is 34.5 Å². The highest BCUT2D eigenvalue weighted by molar-refractivity contribution is 7.14. The second-order valence-corrected chi connectivity index (χ2v) is 6.28. The average molecular weight is 330 g/mol. The summed E-state index contributed by atoms with van der Waals surface area (Å²) in [7, 11) is 0. The van der Waals surface area contributed by atoms with Gasteiger partial charge in [0.1, 0.15) is 5.01 Å². The van der Waals surface area contributed by atoms with Gasteiger partial charge in [0.05, 0.1) is 16.1 Å². The molecule has 0 aliphatic carbocycles. The molecule has 1 unspecified atom stereocenters. The topological polar surface area (TPSA) is 37.8 Å². The molecule has 0 bridgehead atoms. The molecule has 0 saturated heterocycles. The molecule has 1 heterocycles. The van der Waals surface area contributed by atoms with Crippen LogP contribution < -0.4 is 5.32 Å². The molecule has 2 aromatic rings. The van der Waals surface area contributed by atoms with E-state index in [0.717, 1.165) is 35.0 Å². The highest BCUT2D eigenvalue weighted by Gasteiger charge is 2.18. The van der Waals surface area contributed by atoms with E-state index in [1.54, 1.807) is 11.3 Å². The predicted molar refractivity (Wildman–Crippen MR) is 86.7 cm³/mol. The van der Waals surface area contributed by atoms with Crippen molar-refractivity contribution in [2.75, 3.05) is 6.54 Å². The van der Waals surface area contributed by atoms with Gasteiger partial charge in [-0.25, -0.2) is 0 Å². The van der Waals surface area contributed by atoms with Crippen molar-refractivity contribution in [2.45, 2.75) is 32.7 Å². The Morgan fingerprint density at radius 2 is 1.90 bits per heavy atom. The maximum Gasteiger partial charge on any atom is 0.150 e. The van der Waals surface area contributed by atoms with Crippen LogP contribution in [-0.4, -0.2) is 16.7 Å². The summed E-state index contributed by atoms with van der Waals surface area (Å²) in [5.41, 5.74) is 0.768. The van der Waals surface area contributed by atoms with E-state index in [4.69, 9.17) is 23.2 Å². The molecule has 6 heteroatoms. The van der Waals surface area contributed by atoms with E-state index in [9.17, 15) is 0 Å². The van der Waals surface area contributed by atoms with Crippen LogP contribution in [0, 0.1) is 0 Å². The van der Waals surface area contributed by atoms with Crippen LogP contribution in [0.15, 0.2) is 18.2 Å². The number of aromatic nitrogens is 2. The van der Waals surface area contributed by atoms with Gasteiger partial charge in [-0.3, -0.25) is 0 Å². The van der Waals surface area contributed by atoms with Crippen LogP contribution in [0.25, 0.3) is 10.6 Å². The first-order valence-corrected chi connectivity index (χ1v) is 8.25. The summed E-state index contributed by atoms with van der Waals surface area (Å²) in [6, 6.07) is 5.70. The Morgan fingerprint density at radius 3 is 2.50 bits per heavy atom. The largest absolute Gasteiger partial charge is 0.308 e. The predicted octanol–water partition coefficient (Wildman–Crippen LogP) is 4.96. The first-order valence-electron chi connectivity index (χ1n) is 6.68. The van der Waals surface area contributed by atoms with E-state index in [0.29, 0.717) is 10.0 Å². The number of rotatable bonds is 6. The van der Waals surface area contributed by atoms with Gasteiger partial charge in [0.25, 0.3) is 0 Å². The smallest absolute Gasteiger partial charge is 0.150 e. The summed E-state index contributed by atoms with van der Waals surface area (Å²) in [4.78, 5) is 0. The lowest BCUT2D eigenvalue weighted by molar-refractivity contribution is 0.513. The molecule has 2 rings (SSSR count). The molecule has 1 aromatic heterocycles. The van der Waals surface area contributed by atoms with Gasteiger partial charge in [0.2, 0.25) is 0 Å². The molecule has 0 amide bonds. The van der Waals surface area contributed by atoms with Gasteiger partial charge in [0, 0.05) is 5.56 Å². The van der Waals surface area contributed by atoms with Gasteiger partial charge >= 0.3 is 0 Å². The maximum atomic E-state index is 6.21. The molecule has 1 N–H and O–H groups in total. The first-order chi connectivity index (χ1) is 9.67. The highest BCUT2D eigenvalue weighted by Crippen LogP contribution is 2.37. The fourth-order valence-electron chi connectivity index (χ4n) is 1.90. The Hall–Kier alpha value is -0.680. The van der Waals surface area contributed by atoms with Crippen molar-refractivity contribution in [3.63, 3.8) is 0 Å². The molecule has 0 radical (unpaired) electrons. The summed E-state index contributed by atoms with van der Waals surface area (Å²) in [5.74, 6) is 0. The maximum absolute atomic E-state index is 6.21. The number of nitrogens with one attached hydrogen (secondary N) is 1. The molecule has 1 aromatic carbocycles. The van der Waals surface area contributed by atoms with Crippen LogP contribution in [0.1, 0.15) is 37.7 Å². The molecule has 20 heavy (non-hydrogen) atoms. The minimum atomic E-state index is 0.238. The number of hydrogen-bond acceptors (Lipinski definition) is 4. The van der Waals surface area contributed by atoms with Crippen LogP contribution in [0.3, 0.4) is 0 Å². The van der Waals surface area contributed by atoms with Crippen molar-refractivity contribution < 1.29 is 0 Å². The van der Waals surface area contributed by atoms with E-state index in [-0.39, 0.29) is 6.04 Å². The molecule has 0 fully saturated rings. The van der Waals surface area contributed by atoms with Gasteiger partial charge in [-0.2, -0.15) is 0 Å². The van der Waals surface area contributed by atoms with Crippen LogP contribution in [0.2, 0.25) is 10.0 Å². The minimum absolute atomic E-state index is 0.238. The number of hydrogen-bond donors (Lipinski definition) is 1. The third-order valence-corrected chi connectivity index (χ3v) is 4.65. The van der Waals surface area contributed by atoms with E-state index in [1.807, 2.05) is 18.2 Å². The zero-order valence-corrected chi connectivity index (χ0v) is 13.8. The molecular weight excluding hydrogens is 313 g/mol. The minimum Gasteiger partial charge on any atom is -0.308 e. The van der Waals surface area contributed by atoms with Crippen molar-refractivity contribution in [3.05, 3.63) is 33.3 Å². The van der Waals surface area contributed by atoms with Gasteiger partial charge in [-0.15, -0.1) is 10.2 Å². The van der Waals surface area contributed by atoms with Crippen LogP contribution in [-0.2, 0) is 0 Å². The van der Waals surface area contributed by atoms with E-state index < -0.39 is 0 Å². The van der Waals surface area contributed by atoms with Gasteiger partial charge in [-0.05, 0) is 31.5 Å². The Morgan fingerprint density at radius 1 is 1.20 bits per heavy atom. The first kappa shape index (κ1) is 15.7. The van der Waals surface area contributed by atoms with Crippen LogP contribution in [0.5, 0.6) is 0 Å². The average Bonchev–Trinajstić information content (AvgIpc) is 2.89. The fraction of sp³-hybridized carbons (Fsp3) is 0.429. The second-order valence-electron chi connectivity index (χ2n) is 4.46. The van der Waals surface area contributed by atoms with E-state index in [2.05, 4.69) is 29.4 Å². The van der Waals surface area contributed by atoms with Crippen molar-refractivity contribution in [3.8, 4) is 10.6 Å². The lowest BCUT2D eigenvalue weighted by atomic mass is 10.2. The van der Waals surface area contributed by atoms with Crippen molar-refractivity contribution in [1.29, 1.82) is 0 Å². The number of halogens is 2. The SMILES string of the molecule is CCCNC(CC)c1nnc(-c2c(Cl)cccc2Cl)s1. The standard InChI is InChI=1S/C14H17Cl2N3S/c1-3-8-17-11(4-2)13-18-19-14(20-13)12-9(15)6-5-7-10(12)16/h5-7,11,17H,3-4,8H2,1-2H3. The molecule has 0 aliphatic rings. The summed E-state index contributed by atoms with van der Waals surface area (Å²) in [5, 5.41) is 15.0. The van der Waals surface area contributed by atoms with E-state index in [1.165, 1.54) is 0 Å². The summed E-state index contributed by atoms with van der Waals surface area (Å²) >= 11 is 14.0. The summed E-state index contributed by atoms with van der Waals surface area (Å²) < 4.78 is 0. The Balaban J connectivity index is 2.28. The Labute approximate surface area is 133 Å². The molecule has 108 valence electrons. The quantitative estimate of drug-likeness (QED) is 0.813. The lowest BCUT2D eigenvalue weighted by Gasteiger charge is -2.12. The van der Waals surface area contributed by atoms with Gasteiger partial charge in [-0.1, -0.05) is 54.5 Å². The zero-order chi connectivity index (χ0) is 14.5. The van der Waals surface area contributed by atoms with Crippen molar-refractivity contribution in [2.24, 2.45) is 0 Å². The molecule has 3 nitrogen and oxygen atoms in total. The van der Waals surface area contributed by atoms with Crippen molar-refractivity contribution in [1.82, 2.24) is 15.5 Å². The second kappa shape index (κ2) is 7.36. The molecule has 0 spiro atoms. The van der Waals surface area contributed by atoms with Crippen LogP contribution in [0.4, 0.5) is 0 Å². The summed E-state index contributed by atoms with van der Waals surface area (Å²) in [6.45, 7) is 5.26. The lowest BCUT2D eigenvalue weighted by Crippen LogP contribution is -2.21. The number of nitrogens with zero attached hydrogens (tertiary/aromatic N) is 2. The highest BCUT2D eigenvalue weighted by atomic mass is 35.5. The Bertz CT molecular complexity index is 551. The zero-order valence-electron chi connectivity index (χ0n) is 11.5. The van der Waals surface area contributed by atoms with Gasteiger partial charge < -0.3 is 5.32 Å². The molecule has 1 atom stereocenters.